The molecule has 1 aliphatic rings. The largest absolute Gasteiger partial charge is 0.412 e. The van der Waals surface area contributed by atoms with Gasteiger partial charge in [0.15, 0.2) is 0 Å². The lowest BCUT2D eigenvalue weighted by Crippen LogP contribution is -2.43. The number of hydrogen-bond donors (Lipinski definition) is 0. The van der Waals surface area contributed by atoms with Gasteiger partial charge >= 0.3 is 0 Å². The van der Waals surface area contributed by atoms with Gasteiger partial charge in [-0.3, -0.25) is 4.79 Å². The molecule has 2 atom stereocenters. The first-order chi connectivity index (χ1) is 12.1. The highest BCUT2D eigenvalue weighted by atomic mass is 32.2. The molecule has 2 aromatic rings. The Balaban J connectivity index is 1.51. The summed E-state index contributed by atoms with van der Waals surface area (Å²) in [5.41, 5.74) is 1.07. The van der Waals surface area contributed by atoms with Crippen LogP contribution in [0.5, 0.6) is 0 Å². The Kier molecular flexibility index (Phi) is 5.91. The fraction of sp³-hybridized carbons (Fsp3) is 0.421. The molecule has 2 heterocycles. The van der Waals surface area contributed by atoms with E-state index in [0.29, 0.717) is 28.7 Å². The summed E-state index contributed by atoms with van der Waals surface area (Å²) in [4.78, 5) is 14.3. The summed E-state index contributed by atoms with van der Waals surface area (Å²) in [5, 5.41) is 8.43. The molecule has 1 fully saturated rings. The molecular formula is C19H23N3O2S. The lowest BCUT2D eigenvalue weighted by atomic mass is 9.92. The van der Waals surface area contributed by atoms with Crippen molar-refractivity contribution in [3.8, 4) is 0 Å². The number of piperidine rings is 1. The van der Waals surface area contributed by atoms with Gasteiger partial charge < -0.3 is 9.32 Å². The van der Waals surface area contributed by atoms with Crippen molar-refractivity contribution in [3.63, 3.8) is 0 Å². The molecule has 2 unspecified atom stereocenters. The molecule has 3 rings (SSSR count). The second-order valence-electron chi connectivity index (χ2n) is 6.68. The molecule has 0 bridgehead atoms. The van der Waals surface area contributed by atoms with Gasteiger partial charge in [-0.25, -0.2) is 0 Å². The van der Waals surface area contributed by atoms with Crippen molar-refractivity contribution in [2.75, 3.05) is 18.8 Å². The number of carbonyl (C=O) groups excluding carboxylic acids is 1. The minimum atomic E-state index is 0.142. The third kappa shape index (κ3) is 5.19. The Morgan fingerprint density at radius 3 is 2.64 bits per heavy atom. The smallest absolute Gasteiger partial charge is 0.277 e. The molecule has 1 saturated heterocycles. The number of likely N-dealkylation sites (tertiary alicyclic amines) is 1. The fourth-order valence-corrected chi connectivity index (χ4v) is 3.83. The first kappa shape index (κ1) is 17.7. The van der Waals surface area contributed by atoms with E-state index in [-0.39, 0.29) is 5.91 Å². The number of amides is 1. The maximum atomic E-state index is 12.4. The summed E-state index contributed by atoms with van der Waals surface area (Å²) in [6, 6.07) is 9.93. The molecule has 1 aromatic heterocycles. The van der Waals surface area contributed by atoms with Crippen molar-refractivity contribution in [2.24, 2.45) is 11.8 Å². The quantitative estimate of drug-likeness (QED) is 0.761. The number of benzene rings is 1. The molecule has 5 nitrogen and oxygen atoms in total. The summed E-state index contributed by atoms with van der Waals surface area (Å²) in [7, 11) is 0. The molecule has 132 valence electrons. The summed E-state index contributed by atoms with van der Waals surface area (Å²) in [5.74, 6) is 2.05. The molecule has 0 spiro atoms. The summed E-state index contributed by atoms with van der Waals surface area (Å²) >= 11 is 1.30. The van der Waals surface area contributed by atoms with E-state index < -0.39 is 0 Å². The highest BCUT2D eigenvalue weighted by molar-refractivity contribution is 7.99. The molecule has 1 amide bonds. The number of aromatic nitrogens is 2. The van der Waals surface area contributed by atoms with Crippen LogP contribution in [-0.4, -0.2) is 39.8 Å². The van der Waals surface area contributed by atoms with E-state index in [0.717, 1.165) is 18.7 Å². The van der Waals surface area contributed by atoms with Crippen LogP contribution in [0.25, 0.3) is 12.2 Å². The van der Waals surface area contributed by atoms with Crippen LogP contribution in [0.1, 0.15) is 31.7 Å². The van der Waals surface area contributed by atoms with Crippen LogP contribution in [0.15, 0.2) is 40.0 Å². The predicted molar refractivity (Wildman–Crippen MR) is 99.9 cm³/mol. The highest BCUT2D eigenvalue weighted by Crippen LogP contribution is 2.23. The van der Waals surface area contributed by atoms with Crippen molar-refractivity contribution < 1.29 is 9.21 Å². The average Bonchev–Trinajstić information content (AvgIpc) is 3.06. The summed E-state index contributed by atoms with van der Waals surface area (Å²) < 4.78 is 5.57. The SMILES string of the molecule is CC1CC(C)CN(C(=O)CSc2nnc(/C=C/c3ccccc3)o2)C1. The maximum Gasteiger partial charge on any atom is 0.277 e. The van der Waals surface area contributed by atoms with Crippen LogP contribution in [0, 0.1) is 11.8 Å². The fourth-order valence-electron chi connectivity index (χ4n) is 3.16. The normalized spacial score (nSPS) is 21.0. The lowest BCUT2D eigenvalue weighted by Gasteiger charge is -2.34. The lowest BCUT2D eigenvalue weighted by molar-refractivity contribution is -0.130. The van der Waals surface area contributed by atoms with Gasteiger partial charge in [-0.15, -0.1) is 10.2 Å². The van der Waals surface area contributed by atoms with Gasteiger partial charge in [0, 0.05) is 19.2 Å². The molecule has 25 heavy (non-hydrogen) atoms. The minimum absolute atomic E-state index is 0.142. The number of rotatable bonds is 5. The Labute approximate surface area is 152 Å². The van der Waals surface area contributed by atoms with Crippen molar-refractivity contribution in [1.82, 2.24) is 15.1 Å². The first-order valence-corrected chi connectivity index (χ1v) is 9.56. The zero-order chi connectivity index (χ0) is 17.6. The Hall–Kier alpha value is -2.08. The van der Waals surface area contributed by atoms with E-state index in [1.807, 2.05) is 41.3 Å². The molecule has 1 aliphatic heterocycles. The average molecular weight is 357 g/mol. The second-order valence-corrected chi connectivity index (χ2v) is 7.61. The van der Waals surface area contributed by atoms with Gasteiger partial charge in [0.1, 0.15) is 0 Å². The van der Waals surface area contributed by atoms with Crippen LogP contribution in [0.2, 0.25) is 0 Å². The summed E-state index contributed by atoms with van der Waals surface area (Å²) in [6.45, 7) is 6.09. The number of hydrogen-bond acceptors (Lipinski definition) is 5. The predicted octanol–water partition coefficient (Wildman–Crippen LogP) is 3.84. The van der Waals surface area contributed by atoms with Gasteiger partial charge in [-0.1, -0.05) is 55.9 Å². The topological polar surface area (TPSA) is 59.2 Å². The molecule has 0 aliphatic carbocycles. The van der Waals surface area contributed by atoms with E-state index in [1.54, 1.807) is 6.08 Å². The van der Waals surface area contributed by atoms with Gasteiger partial charge in [-0.05, 0) is 29.9 Å². The highest BCUT2D eigenvalue weighted by Gasteiger charge is 2.25. The third-order valence-corrected chi connectivity index (χ3v) is 4.98. The van der Waals surface area contributed by atoms with E-state index in [2.05, 4.69) is 24.0 Å². The van der Waals surface area contributed by atoms with E-state index in [1.165, 1.54) is 18.2 Å². The van der Waals surface area contributed by atoms with Crippen molar-refractivity contribution in [2.45, 2.75) is 25.5 Å². The zero-order valence-corrected chi connectivity index (χ0v) is 15.4. The Bertz CT molecular complexity index is 719. The molecule has 0 radical (unpaired) electrons. The second kappa shape index (κ2) is 8.34. The minimum Gasteiger partial charge on any atom is -0.412 e. The molecule has 6 heteroatoms. The van der Waals surface area contributed by atoms with Crippen molar-refractivity contribution in [1.29, 1.82) is 0 Å². The molecule has 0 saturated carbocycles. The van der Waals surface area contributed by atoms with Crippen LogP contribution in [-0.2, 0) is 4.79 Å². The molecular weight excluding hydrogens is 334 g/mol. The van der Waals surface area contributed by atoms with Crippen LogP contribution in [0.3, 0.4) is 0 Å². The van der Waals surface area contributed by atoms with E-state index in [4.69, 9.17) is 4.42 Å². The van der Waals surface area contributed by atoms with Gasteiger partial charge in [0.05, 0.1) is 5.75 Å². The van der Waals surface area contributed by atoms with Crippen LogP contribution in [0.4, 0.5) is 0 Å². The Morgan fingerprint density at radius 2 is 1.92 bits per heavy atom. The first-order valence-electron chi connectivity index (χ1n) is 8.57. The number of thioether (sulfide) groups is 1. The monoisotopic (exact) mass is 357 g/mol. The van der Waals surface area contributed by atoms with E-state index in [9.17, 15) is 4.79 Å². The van der Waals surface area contributed by atoms with E-state index >= 15 is 0 Å². The summed E-state index contributed by atoms with van der Waals surface area (Å²) in [6.07, 6.45) is 4.89. The molecule has 1 aromatic carbocycles. The van der Waals surface area contributed by atoms with Crippen LogP contribution >= 0.6 is 11.8 Å². The van der Waals surface area contributed by atoms with Crippen molar-refractivity contribution >= 4 is 29.8 Å². The zero-order valence-electron chi connectivity index (χ0n) is 14.6. The standard InChI is InChI=1S/C19H23N3O2S/c1-14-10-15(2)12-22(11-14)18(23)13-25-19-21-20-17(24-19)9-8-16-6-4-3-5-7-16/h3-9,14-15H,10-13H2,1-2H3/b9-8+. The van der Waals surface area contributed by atoms with Gasteiger partial charge in [0.2, 0.25) is 11.8 Å². The van der Waals surface area contributed by atoms with Crippen molar-refractivity contribution in [3.05, 3.63) is 41.8 Å². The van der Waals surface area contributed by atoms with Gasteiger partial charge in [-0.2, -0.15) is 0 Å². The number of carbonyl (C=O) groups is 1. The number of nitrogens with zero attached hydrogens (tertiary/aromatic N) is 3. The van der Waals surface area contributed by atoms with Crippen LogP contribution < -0.4 is 0 Å². The van der Waals surface area contributed by atoms with Gasteiger partial charge in [0.25, 0.3) is 5.22 Å². The third-order valence-electron chi connectivity index (χ3n) is 4.18. The molecule has 0 N–H and O–H groups in total. The Morgan fingerprint density at radius 1 is 1.20 bits per heavy atom. The maximum absolute atomic E-state index is 12.4.